The first kappa shape index (κ1) is 19.8. The maximum Gasteiger partial charge on any atom is 0.137 e. The summed E-state index contributed by atoms with van der Waals surface area (Å²) < 4.78 is 5.38. The number of ether oxygens (including phenoxy) is 1. The van der Waals surface area contributed by atoms with Crippen molar-refractivity contribution in [1.82, 2.24) is 5.32 Å². The molecule has 1 aliphatic rings. The SMILES string of the molecule is CCCCCCCCCCN[C@@H]1O[C@H](CO)[C@H](O)[C@H](O)[C@H]1O. The molecule has 1 fully saturated rings. The van der Waals surface area contributed by atoms with Gasteiger partial charge in [0.1, 0.15) is 30.6 Å². The lowest BCUT2D eigenvalue weighted by molar-refractivity contribution is -0.236. The van der Waals surface area contributed by atoms with Gasteiger partial charge >= 0.3 is 0 Å². The van der Waals surface area contributed by atoms with E-state index in [1.54, 1.807) is 0 Å². The largest absolute Gasteiger partial charge is 0.394 e. The lowest BCUT2D eigenvalue weighted by atomic mass is 9.98. The summed E-state index contributed by atoms with van der Waals surface area (Å²) in [6.07, 6.45) is 4.40. The van der Waals surface area contributed by atoms with Gasteiger partial charge in [0.05, 0.1) is 6.61 Å². The molecule has 0 bridgehead atoms. The molecule has 6 nitrogen and oxygen atoms in total. The van der Waals surface area contributed by atoms with Crippen LogP contribution < -0.4 is 5.32 Å². The number of rotatable bonds is 11. The third kappa shape index (κ3) is 6.48. The molecule has 6 heteroatoms. The highest BCUT2D eigenvalue weighted by atomic mass is 16.6. The van der Waals surface area contributed by atoms with Crippen LogP contribution in [0.2, 0.25) is 0 Å². The van der Waals surface area contributed by atoms with E-state index in [0.29, 0.717) is 6.54 Å². The lowest BCUT2D eigenvalue weighted by Crippen LogP contribution is -2.62. The summed E-state index contributed by atoms with van der Waals surface area (Å²) in [5, 5.41) is 41.4. The van der Waals surface area contributed by atoms with Gasteiger partial charge in [-0.15, -0.1) is 0 Å². The van der Waals surface area contributed by atoms with Crippen LogP contribution in [0.3, 0.4) is 0 Å². The van der Waals surface area contributed by atoms with Crippen molar-refractivity contribution in [3.63, 3.8) is 0 Å². The Morgan fingerprint density at radius 2 is 1.41 bits per heavy atom. The Kier molecular flexibility index (Phi) is 10.2. The minimum atomic E-state index is -1.30. The zero-order chi connectivity index (χ0) is 16.4. The van der Waals surface area contributed by atoms with Crippen LogP contribution in [-0.4, -0.2) is 64.2 Å². The van der Waals surface area contributed by atoms with Gasteiger partial charge in [-0.2, -0.15) is 0 Å². The Labute approximate surface area is 133 Å². The van der Waals surface area contributed by atoms with Crippen LogP contribution >= 0.6 is 0 Å². The van der Waals surface area contributed by atoms with E-state index in [2.05, 4.69) is 12.2 Å². The van der Waals surface area contributed by atoms with Crippen LogP contribution in [0.4, 0.5) is 0 Å². The highest BCUT2D eigenvalue weighted by molar-refractivity contribution is 4.90. The average Bonchev–Trinajstić information content (AvgIpc) is 2.53. The Bertz CT molecular complexity index is 277. The van der Waals surface area contributed by atoms with Gasteiger partial charge in [-0.3, -0.25) is 5.32 Å². The third-order valence-electron chi connectivity index (χ3n) is 4.27. The van der Waals surface area contributed by atoms with Crippen molar-refractivity contribution in [3.05, 3.63) is 0 Å². The van der Waals surface area contributed by atoms with E-state index in [1.807, 2.05) is 0 Å². The zero-order valence-corrected chi connectivity index (χ0v) is 13.7. The van der Waals surface area contributed by atoms with E-state index < -0.39 is 30.6 Å². The first-order valence-corrected chi connectivity index (χ1v) is 8.65. The molecule has 5 N–H and O–H groups in total. The number of unbranched alkanes of at least 4 members (excludes halogenated alkanes) is 7. The van der Waals surface area contributed by atoms with E-state index in [1.165, 1.54) is 38.5 Å². The molecule has 1 saturated heterocycles. The number of aliphatic hydroxyl groups excluding tert-OH is 4. The molecule has 0 saturated carbocycles. The predicted octanol–water partition coefficient (Wildman–Crippen LogP) is 0.517. The van der Waals surface area contributed by atoms with Crippen LogP contribution in [-0.2, 0) is 4.74 Å². The van der Waals surface area contributed by atoms with E-state index >= 15 is 0 Å². The van der Waals surface area contributed by atoms with Gasteiger partial charge in [0.15, 0.2) is 0 Å². The van der Waals surface area contributed by atoms with Crippen LogP contribution in [0.1, 0.15) is 58.3 Å². The number of aliphatic hydroxyl groups is 4. The predicted molar refractivity (Wildman–Crippen MR) is 84.4 cm³/mol. The Balaban J connectivity index is 2.11. The molecule has 0 aromatic carbocycles. The van der Waals surface area contributed by atoms with E-state index in [4.69, 9.17) is 9.84 Å². The molecule has 0 unspecified atom stereocenters. The Morgan fingerprint density at radius 1 is 0.818 bits per heavy atom. The molecule has 5 atom stereocenters. The molecule has 0 aromatic heterocycles. The van der Waals surface area contributed by atoms with E-state index in [9.17, 15) is 15.3 Å². The molecule has 0 radical (unpaired) electrons. The fraction of sp³-hybridized carbons (Fsp3) is 1.00. The second-order valence-corrected chi connectivity index (χ2v) is 6.18. The first-order chi connectivity index (χ1) is 10.6. The molecule has 0 aromatic rings. The van der Waals surface area contributed by atoms with Gasteiger partial charge in [-0.05, 0) is 13.0 Å². The van der Waals surface area contributed by atoms with E-state index in [-0.39, 0.29) is 6.61 Å². The van der Waals surface area contributed by atoms with Gasteiger partial charge in [0, 0.05) is 0 Å². The van der Waals surface area contributed by atoms with Crippen molar-refractivity contribution >= 4 is 0 Å². The monoisotopic (exact) mass is 319 g/mol. The first-order valence-electron chi connectivity index (χ1n) is 8.65. The maximum absolute atomic E-state index is 9.87. The Morgan fingerprint density at radius 3 is 2.00 bits per heavy atom. The van der Waals surface area contributed by atoms with Crippen LogP contribution in [0.15, 0.2) is 0 Å². The van der Waals surface area contributed by atoms with Crippen LogP contribution in [0.25, 0.3) is 0 Å². The highest BCUT2D eigenvalue weighted by Gasteiger charge is 2.42. The van der Waals surface area contributed by atoms with E-state index in [0.717, 1.165) is 12.8 Å². The number of hydrogen-bond acceptors (Lipinski definition) is 6. The summed E-state index contributed by atoms with van der Waals surface area (Å²) in [4.78, 5) is 0. The topological polar surface area (TPSA) is 102 Å². The van der Waals surface area contributed by atoms with Gasteiger partial charge in [0.2, 0.25) is 0 Å². The molecule has 1 aliphatic heterocycles. The lowest BCUT2D eigenvalue weighted by Gasteiger charge is -2.40. The molecule has 1 rings (SSSR count). The molecule has 22 heavy (non-hydrogen) atoms. The second-order valence-electron chi connectivity index (χ2n) is 6.18. The van der Waals surface area contributed by atoms with Crippen LogP contribution in [0, 0.1) is 0 Å². The molecular weight excluding hydrogens is 286 g/mol. The summed E-state index contributed by atoms with van der Waals surface area (Å²) in [7, 11) is 0. The summed E-state index contributed by atoms with van der Waals surface area (Å²) in [5.74, 6) is 0. The smallest absolute Gasteiger partial charge is 0.137 e. The molecular formula is C16H33NO5. The van der Waals surface area contributed by atoms with Crippen molar-refractivity contribution in [1.29, 1.82) is 0 Å². The second kappa shape index (κ2) is 11.3. The summed E-state index contributed by atoms with van der Waals surface area (Å²) in [6.45, 7) is 2.50. The fourth-order valence-electron chi connectivity index (χ4n) is 2.77. The summed E-state index contributed by atoms with van der Waals surface area (Å²) in [5.41, 5.74) is 0. The number of hydrogen-bond donors (Lipinski definition) is 5. The van der Waals surface area contributed by atoms with Crippen molar-refractivity contribution in [2.75, 3.05) is 13.2 Å². The Hall–Kier alpha value is -0.240. The number of nitrogens with one attached hydrogen (secondary N) is 1. The zero-order valence-electron chi connectivity index (χ0n) is 13.7. The van der Waals surface area contributed by atoms with Gasteiger partial charge in [0.25, 0.3) is 0 Å². The average molecular weight is 319 g/mol. The third-order valence-corrected chi connectivity index (χ3v) is 4.27. The molecule has 0 amide bonds. The highest BCUT2D eigenvalue weighted by Crippen LogP contribution is 2.19. The van der Waals surface area contributed by atoms with Crippen molar-refractivity contribution in [3.8, 4) is 0 Å². The molecule has 1 heterocycles. The molecule has 0 aliphatic carbocycles. The quantitative estimate of drug-likeness (QED) is 0.356. The maximum atomic E-state index is 9.87. The van der Waals surface area contributed by atoms with Crippen molar-refractivity contribution < 1.29 is 25.2 Å². The van der Waals surface area contributed by atoms with Gasteiger partial charge < -0.3 is 25.2 Å². The van der Waals surface area contributed by atoms with Crippen molar-refractivity contribution in [2.45, 2.75) is 88.9 Å². The van der Waals surface area contributed by atoms with Gasteiger partial charge in [-0.1, -0.05) is 51.9 Å². The van der Waals surface area contributed by atoms with Crippen LogP contribution in [0.5, 0.6) is 0 Å². The normalized spacial score (nSPS) is 32.3. The fourth-order valence-corrected chi connectivity index (χ4v) is 2.77. The minimum Gasteiger partial charge on any atom is -0.394 e. The molecule has 132 valence electrons. The summed E-state index contributed by atoms with van der Waals surface area (Å²) >= 11 is 0. The standard InChI is InChI=1S/C16H33NO5/c1-2-3-4-5-6-7-8-9-10-17-16-15(21)14(20)13(19)12(11-18)22-16/h12-21H,2-11H2,1H3/t12-,13+,14+,15-,16-/m1/s1. The van der Waals surface area contributed by atoms with Gasteiger partial charge in [-0.25, -0.2) is 0 Å². The molecule has 0 spiro atoms. The minimum absolute atomic E-state index is 0.388. The summed E-state index contributed by atoms with van der Waals surface area (Å²) in [6, 6.07) is 0. The van der Waals surface area contributed by atoms with Crippen molar-refractivity contribution in [2.24, 2.45) is 0 Å².